The van der Waals surface area contributed by atoms with Gasteiger partial charge in [0.2, 0.25) is 0 Å². The van der Waals surface area contributed by atoms with E-state index in [2.05, 4.69) is 10.3 Å². The summed E-state index contributed by atoms with van der Waals surface area (Å²) < 4.78 is 38.1. The monoisotopic (exact) mass is 307 g/mol. The summed E-state index contributed by atoms with van der Waals surface area (Å²) in [6.07, 6.45) is -1.30. The Morgan fingerprint density at radius 3 is 2.70 bits per heavy atom. The lowest BCUT2D eigenvalue weighted by atomic mass is 9.98. The molecular formula is C13H20F3N3S. The molecule has 20 heavy (non-hydrogen) atoms. The van der Waals surface area contributed by atoms with E-state index in [0.29, 0.717) is 5.13 Å². The van der Waals surface area contributed by atoms with Gasteiger partial charge in [-0.25, -0.2) is 4.98 Å². The first kappa shape index (κ1) is 15.6. The molecule has 0 saturated carbocycles. The lowest BCUT2D eigenvalue weighted by Crippen LogP contribution is -2.39. The summed E-state index contributed by atoms with van der Waals surface area (Å²) in [5.41, 5.74) is 0.962. The van der Waals surface area contributed by atoms with Gasteiger partial charge in [-0.1, -0.05) is 11.3 Å². The fraction of sp³-hybridized carbons (Fsp3) is 0.769. The maximum atomic E-state index is 12.7. The molecule has 1 heterocycles. The number of aryl methyl sites for hydroxylation is 1. The molecule has 1 aromatic rings. The number of anilines is 1. The fourth-order valence-corrected chi connectivity index (χ4v) is 3.86. The van der Waals surface area contributed by atoms with Gasteiger partial charge in [-0.15, -0.1) is 0 Å². The van der Waals surface area contributed by atoms with Gasteiger partial charge in [0.05, 0.1) is 5.69 Å². The molecule has 1 aliphatic carbocycles. The van der Waals surface area contributed by atoms with Crippen molar-refractivity contribution < 1.29 is 13.2 Å². The zero-order valence-corrected chi connectivity index (χ0v) is 12.7. The lowest BCUT2D eigenvalue weighted by Gasteiger charge is -2.27. The van der Waals surface area contributed by atoms with Crippen molar-refractivity contribution in [3.8, 4) is 0 Å². The maximum Gasteiger partial charge on any atom is 0.406 e. The first-order chi connectivity index (χ1) is 9.31. The third-order valence-electron chi connectivity index (χ3n) is 3.51. The highest BCUT2D eigenvalue weighted by Gasteiger charge is 2.34. The fourth-order valence-electron chi connectivity index (χ4n) is 2.47. The van der Waals surface area contributed by atoms with E-state index >= 15 is 0 Å². The van der Waals surface area contributed by atoms with Crippen LogP contribution in [0.15, 0.2) is 0 Å². The Morgan fingerprint density at radius 1 is 1.45 bits per heavy atom. The van der Waals surface area contributed by atoms with Crippen molar-refractivity contribution in [1.29, 1.82) is 0 Å². The van der Waals surface area contributed by atoms with Crippen molar-refractivity contribution in [3.63, 3.8) is 0 Å². The normalized spacial score (nSPS) is 19.2. The number of nitrogens with one attached hydrogen (secondary N) is 1. The Labute approximate surface area is 121 Å². The highest BCUT2D eigenvalue weighted by Crippen LogP contribution is 2.38. The van der Waals surface area contributed by atoms with Crippen LogP contribution in [0.3, 0.4) is 0 Å². The van der Waals surface area contributed by atoms with Gasteiger partial charge in [-0.2, -0.15) is 13.2 Å². The van der Waals surface area contributed by atoms with E-state index in [1.54, 1.807) is 13.8 Å². The highest BCUT2D eigenvalue weighted by atomic mass is 32.1. The molecule has 1 aromatic heterocycles. The zero-order chi connectivity index (χ0) is 14.9. The van der Waals surface area contributed by atoms with Crippen LogP contribution in [0.25, 0.3) is 0 Å². The molecule has 1 unspecified atom stereocenters. The summed E-state index contributed by atoms with van der Waals surface area (Å²) >= 11 is 1.40. The van der Waals surface area contributed by atoms with E-state index in [9.17, 15) is 13.2 Å². The van der Waals surface area contributed by atoms with Crippen LogP contribution in [-0.2, 0) is 6.42 Å². The molecule has 0 spiro atoms. The summed E-state index contributed by atoms with van der Waals surface area (Å²) in [5, 5.41) is 3.71. The summed E-state index contributed by atoms with van der Waals surface area (Å²) in [4.78, 5) is 6.90. The molecule has 7 heteroatoms. The average Bonchev–Trinajstić information content (AvgIpc) is 2.77. The SMILES string of the molecule is CNC1CCCc2nc(N(CC(F)(F)F)C(C)C)sc21. The number of halogens is 3. The topological polar surface area (TPSA) is 28.2 Å². The van der Waals surface area contributed by atoms with Crippen molar-refractivity contribution in [2.45, 2.75) is 51.4 Å². The number of rotatable bonds is 4. The summed E-state index contributed by atoms with van der Waals surface area (Å²) in [6.45, 7) is 2.59. The van der Waals surface area contributed by atoms with Crippen molar-refractivity contribution in [1.82, 2.24) is 10.3 Å². The van der Waals surface area contributed by atoms with Gasteiger partial charge in [0.15, 0.2) is 5.13 Å². The van der Waals surface area contributed by atoms with Gasteiger partial charge in [0, 0.05) is 17.0 Å². The van der Waals surface area contributed by atoms with Crippen LogP contribution in [0.4, 0.5) is 18.3 Å². The largest absolute Gasteiger partial charge is 0.406 e. The number of nitrogens with zero attached hydrogens (tertiary/aromatic N) is 2. The summed E-state index contributed by atoms with van der Waals surface area (Å²) in [6, 6.07) is 0.00200. The van der Waals surface area contributed by atoms with E-state index in [1.807, 2.05) is 7.05 Å². The van der Waals surface area contributed by atoms with Gasteiger partial charge in [0.1, 0.15) is 6.54 Å². The van der Waals surface area contributed by atoms with Crippen LogP contribution in [0, 0.1) is 0 Å². The molecule has 0 radical (unpaired) electrons. The number of alkyl halides is 3. The van der Waals surface area contributed by atoms with Crippen molar-refractivity contribution in [2.75, 3.05) is 18.5 Å². The van der Waals surface area contributed by atoms with E-state index < -0.39 is 12.7 Å². The van der Waals surface area contributed by atoms with Crippen molar-refractivity contribution >= 4 is 16.5 Å². The van der Waals surface area contributed by atoms with E-state index in [1.165, 1.54) is 16.2 Å². The minimum atomic E-state index is -4.21. The zero-order valence-electron chi connectivity index (χ0n) is 11.9. The first-order valence-electron chi connectivity index (χ1n) is 6.82. The second-order valence-corrected chi connectivity index (χ2v) is 6.39. The second-order valence-electron chi connectivity index (χ2n) is 5.38. The molecule has 1 atom stereocenters. The Bertz CT molecular complexity index is 456. The third-order valence-corrected chi connectivity index (χ3v) is 4.75. The van der Waals surface area contributed by atoms with Crippen molar-refractivity contribution in [2.24, 2.45) is 0 Å². The van der Waals surface area contributed by atoms with E-state index in [0.717, 1.165) is 29.8 Å². The average molecular weight is 307 g/mol. The van der Waals surface area contributed by atoms with Gasteiger partial charge in [0.25, 0.3) is 0 Å². The molecule has 2 rings (SSSR count). The minimum absolute atomic E-state index is 0.225. The summed E-state index contributed by atoms with van der Waals surface area (Å²) in [5.74, 6) is 0. The molecule has 1 N–H and O–H groups in total. The number of hydrogen-bond donors (Lipinski definition) is 1. The lowest BCUT2D eigenvalue weighted by molar-refractivity contribution is -0.120. The molecule has 0 bridgehead atoms. The number of hydrogen-bond acceptors (Lipinski definition) is 4. The number of thiazole rings is 1. The van der Waals surface area contributed by atoms with Gasteiger partial charge in [-0.3, -0.25) is 0 Å². The molecule has 1 aliphatic rings. The Morgan fingerprint density at radius 2 is 2.15 bits per heavy atom. The van der Waals surface area contributed by atoms with Gasteiger partial charge in [-0.05, 0) is 40.2 Å². The number of fused-ring (bicyclic) bond motifs is 1. The van der Waals surface area contributed by atoms with Crippen LogP contribution in [0.2, 0.25) is 0 Å². The molecule has 0 fully saturated rings. The predicted molar refractivity (Wildman–Crippen MR) is 75.4 cm³/mol. The highest BCUT2D eigenvalue weighted by molar-refractivity contribution is 7.15. The Balaban J connectivity index is 2.29. The molecule has 114 valence electrons. The van der Waals surface area contributed by atoms with Crippen LogP contribution >= 0.6 is 11.3 Å². The molecule has 0 amide bonds. The van der Waals surface area contributed by atoms with Crippen LogP contribution in [0.1, 0.15) is 43.3 Å². The quantitative estimate of drug-likeness (QED) is 0.922. The minimum Gasteiger partial charge on any atom is -0.337 e. The Kier molecular flexibility index (Phi) is 4.59. The van der Waals surface area contributed by atoms with Gasteiger partial charge < -0.3 is 10.2 Å². The van der Waals surface area contributed by atoms with Gasteiger partial charge >= 0.3 is 6.18 Å². The smallest absolute Gasteiger partial charge is 0.337 e. The molecule has 0 aliphatic heterocycles. The van der Waals surface area contributed by atoms with Crippen LogP contribution < -0.4 is 10.2 Å². The molecule has 0 saturated heterocycles. The second kappa shape index (κ2) is 5.89. The van der Waals surface area contributed by atoms with Crippen LogP contribution in [-0.4, -0.2) is 30.8 Å². The maximum absolute atomic E-state index is 12.7. The molecule has 3 nitrogen and oxygen atoms in total. The first-order valence-corrected chi connectivity index (χ1v) is 7.63. The van der Waals surface area contributed by atoms with E-state index in [4.69, 9.17) is 0 Å². The predicted octanol–water partition coefficient (Wildman–Crippen LogP) is 3.52. The van der Waals surface area contributed by atoms with E-state index in [-0.39, 0.29) is 12.1 Å². The molecule has 0 aromatic carbocycles. The molecular weight excluding hydrogens is 287 g/mol. The van der Waals surface area contributed by atoms with Crippen LogP contribution in [0.5, 0.6) is 0 Å². The summed E-state index contributed by atoms with van der Waals surface area (Å²) in [7, 11) is 1.88. The third kappa shape index (κ3) is 3.44. The standard InChI is InChI=1S/C13H20F3N3S/c1-8(2)19(7-13(14,15)16)12-18-10-6-4-5-9(17-3)11(10)20-12/h8-9,17H,4-7H2,1-3H3. The number of aromatic nitrogens is 1. The van der Waals surface area contributed by atoms with Crippen molar-refractivity contribution in [3.05, 3.63) is 10.6 Å². The Hall–Kier alpha value is -0.820.